The van der Waals surface area contributed by atoms with Gasteiger partial charge in [-0.2, -0.15) is 0 Å². The van der Waals surface area contributed by atoms with Gasteiger partial charge in [0.1, 0.15) is 0 Å². The van der Waals surface area contributed by atoms with E-state index in [0.29, 0.717) is 0 Å². The molecular formula is C130H119BN4. The van der Waals surface area contributed by atoms with E-state index in [2.05, 4.69) is 504 Å². The summed E-state index contributed by atoms with van der Waals surface area (Å²) in [7, 11) is 0. The first-order valence-corrected chi connectivity index (χ1v) is 48.8. The normalized spacial score (nSPS) is 13.5. The maximum absolute atomic E-state index is 2.86. The molecule has 0 amide bonds. The van der Waals surface area contributed by atoms with Crippen LogP contribution in [0.3, 0.4) is 0 Å². The fraction of sp³-hybridized carbons (Fsp3) is 0.215. The van der Waals surface area contributed by atoms with Crippen LogP contribution >= 0.6 is 0 Å². The Kier molecular flexibility index (Phi) is 19.1. The fourth-order valence-electron chi connectivity index (χ4n) is 22.7. The molecule has 2 aliphatic rings. The Labute approximate surface area is 796 Å². The number of para-hydroxylation sites is 4. The first kappa shape index (κ1) is 85.2. The minimum absolute atomic E-state index is 0.190. The third-order valence-corrected chi connectivity index (χ3v) is 30.0. The van der Waals surface area contributed by atoms with E-state index in [1.165, 1.54) is 186 Å². The van der Waals surface area contributed by atoms with Crippen LogP contribution in [0.1, 0.15) is 184 Å². The van der Waals surface area contributed by atoms with Gasteiger partial charge in [0, 0.05) is 88.1 Å². The minimum atomic E-state index is -0.456. The van der Waals surface area contributed by atoms with Crippen LogP contribution in [0.15, 0.2) is 340 Å². The lowest BCUT2D eigenvalue weighted by Crippen LogP contribution is -2.61. The predicted octanol–water partition coefficient (Wildman–Crippen LogP) is 34.7. The van der Waals surface area contributed by atoms with Crippen LogP contribution in [-0.4, -0.2) is 15.5 Å². The molecule has 0 atom stereocenters. The van der Waals surface area contributed by atoms with E-state index < -0.39 is 12.1 Å². The van der Waals surface area contributed by atoms with E-state index in [4.69, 9.17) is 0 Å². The fourth-order valence-corrected chi connectivity index (χ4v) is 22.7. The lowest BCUT2D eigenvalue weighted by Gasteiger charge is -2.47. The number of anilines is 6. The smallest absolute Gasteiger partial charge is 0.252 e. The third-order valence-electron chi connectivity index (χ3n) is 30.0. The first-order chi connectivity index (χ1) is 64.4. The maximum Gasteiger partial charge on any atom is 0.252 e. The van der Waals surface area contributed by atoms with Crippen molar-refractivity contribution in [2.45, 2.75) is 183 Å². The highest BCUT2D eigenvalue weighted by atomic mass is 15.2. The van der Waals surface area contributed by atoms with Crippen LogP contribution in [0.5, 0.6) is 0 Å². The highest BCUT2D eigenvalue weighted by molar-refractivity contribution is 7.00. The standard InChI is InChI=1S/C130H119BN4/c1-124(2,3)82-44-34-40-78(64-82)103-68-86(128(13,14)15)69-104(79-41-35-45-83(65-79)125(4,5)6)122(103)134-115-76-113-107(95-54-28-24-50-91(95)89-48-22-26-52-93(89)99-58-38-60-101-97-56-30-32-62-111(97)132(113)120(99)101)74-109(115)131-110-75-108-96-55-29-25-51-92(96)90-49-23-27-53-94(90)100-59-39-61-102-98-57-31-33-63-112(98)133(121(100)102)114(108)77-116(110)135(118-73-88(130(19,20)21)72-117(134)119(118)131)123-105(80-42-36-46-84(66-80)126(7,8)9)70-87(129(16,17)18)71-106(123)81-43-37-47-85(67-81)127(10,11)12/h22-77H,1-21H3. The molecule has 0 bridgehead atoms. The Hall–Kier alpha value is -14.0. The average Bonchev–Trinajstić information content (AvgIpc) is 1.62. The number of hydrogen-bond donors (Lipinski definition) is 0. The molecule has 2 aliphatic heterocycles. The van der Waals surface area contributed by atoms with Crippen LogP contribution < -0.4 is 26.2 Å². The summed E-state index contributed by atoms with van der Waals surface area (Å²) in [6, 6.07) is 135. The number of fused-ring (bicyclic) bond motifs is 24. The minimum Gasteiger partial charge on any atom is -0.310 e. The third kappa shape index (κ3) is 13.6. The van der Waals surface area contributed by atoms with Crippen LogP contribution in [0.4, 0.5) is 34.1 Å². The van der Waals surface area contributed by atoms with E-state index in [-0.39, 0.29) is 32.5 Å². The number of nitrogens with zero attached hydrogens (tertiary/aromatic N) is 4. The molecule has 0 unspecified atom stereocenters. The second-order valence-electron chi connectivity index (χ2n) is 46.1. The van der Waals surface area contributed by atoms with Gasteiger partial charge in [-0.15, -0.1) is 0 Å². The highest BCUT2D eigenvalue weighted by Crippen LogP contribution is 2.58. The molecule has 17 aromatic carbocycles. The van der Waals surface area contributed by atoms with E-state index >= 15 is 0 Å². The number of rotatable bonds is 6. The largest absolute Gasteiger partial charge is 0.310 e. The summed E-state index contributed by atoms with van der Waals surface area (Å²) in [6.45, 7) is 49.9. The Morgan fingerprint density at radius 2 is 0.407 bits per heavy atom. The van der Waals surface area contributed by atoms with Gasteiger partial charge >= 0.3 is 0 Å². The van der Waals surface area contributed by atoms with Crippen molar-refractivity contribution in [2.24, 2.45) is 0 Å². The number of hydrogen-bond acceptors (Lipinski definition) is 2. The van der Waals surface area contributed by atoms with Gasteiger partial charge in [-0.25, -0.2) is 0 Å². The average molecular weight is 1750 g/mol. The molecule has 0 aliphatic carbocycles. The van der Waals surface area contributed by atoms with Gasteiger partial charge in [0.2, 0.25) is 0 Å². The quantitative estimate of drug-likeness (QED) is 0.154. The van der Waals surface area contributed by atoms with Crippen molar-refractivity contribution in [2.75, 3.05) is 9.80 Å². The first-order valence-electron chi connectivity index (χ1n) is 48.8. The summed E-state index contributed by atoms with van der Waals surface area (Å²) in [6.07, 6.45) is 0. The summed E-state index contributed by atoms with van der Waals surface area (Å²) >= 11 is 0. The lowest BCUT2D eigenvalue weighted by molar-refractivity contribution is 0.589. The van der Waals surface area contributed by atoms with Crippen molar-refractivity contribution in [3.63, 3.8) is 0 Å². The molecule has 0 saturated heterocycles. The molecular weight excluding hydrogens is 1630 g/mol. The van der Waals surface area contributed by atoms with Crippen LogP contribution in [0.25, 0.3) is 164 Å². The van der Waals surface area contributed by atoms with Gasteiger partial charge in [-0.05, 0) is 219 Å². The zero-order chi connectivity index (χ0) is 93.5. The Morgan fingerprint density at radius 1 is 0.178 bits per heavy atom. The molecule has 4 aromatic heterocycles. The molecule has 6 heterocycles. The molecule has 662 valence electrons. The zero-order valence-electron chi connectivity index (χ0n) is 82.2. The predicted molar refractivity (Wildman–Crippen MR) is 588 cm³/mol. The summed E-state index contributed by atoms with van der Waals surface area (Å²) in [5, 5.41) is 19.0. The van der Waals surface area contributed by atoms with Gasteiger partial charge in [0.15, 0.2) is 0 Å². The second kappa shape index (κ2) is 30.3. The Balaban J connectivity index is 1.03. The van der Waals surface area contributed by atoms with E-state index in [0.717, 1.165) is 67.0 Å². The number of aromatic nitrogens is 2. The zero-order valence-corrected chi connectivity index (χ0v) is 82.2. The molecule has 23 rings (SSSR count). The maximum atomic E-state index is 2.86. The molecule has 0 fully saturated rings. The molecule has 0 radical (unpaired) electrons. The Bertz CT molecular complexity index is 8080. The molecule has 5 heteroatoms. The van der Waals surface area contributed by atoms with Crippen molar-refractivity contribution in [3.05, 3.63) is 379 Å². The van der Waals surface area contributed by atoms with E-state index in [1.54, 1.807) is 0 Å². The van der Waals surface area contributed by atoms with Gasteiger partial charge in [-0.3, -0.25) is 0 Å². The van der Waals surface area contributed by atoms with Gasteiger partial charge in [0.05, 0.1) is 44.5 Å². The lowest BCUT2D eigenvalue weighted by atomic mass is 9.33. The van der Waals surface area contributed by atoms with Crippen molar-refractivity contribution < 1.29 is 0 Å². The number of benzene rings is 17. The molecule has 135 heavy (non-hydrogen) atoms. The van der Waals surface area contributed by atoms with Gasteiger partial charge in [0.25, 0.3) is 6.71 Å². The van der Waals surface area contributed by atoms with Crippen molar-refractivity contribution in [3.8, 4) is 44.5 Å². The van der Waals surface area contributed by atoms with Gasteiger partial charge in [-0.1, -0.05) is 424 Å². The monoisotopic (exact) mass is 1750 g/mol. The van der Waals surface area contributed by atoms with Crippen LogP contribution in [-0.2, 0) is 37.9 Å². The van der Waals surface area contributed by atoms with Crippen molar-refractivity contribution in [1.82, 2.24) is 8.80 Å². The summed E-state index contributed by atoms with van der Waals surface area (Å²) < 4.78 is 5.38. The van der Waals surface area contributed by atoms with E-state index in [9.17, 15) is 0 Å². The SMILES string of the molecule is CC(C)(C)c1cccc(-c2cc(C(C)(C)C)cc(-c3cccc(C(C)(C)C)c3)c2N2c3cc4c(cc3B3c5cc6c7ccccc7c7ccccc7c7cccc8c9ccccc9n(c6cc5N(c5c(-c6cccc(C(C)(C)C)c6)cc(C(C)(C)C)cc5-c5cccc(C(C)(C)C)c5)c5cc(C(C)(C)C)cc2c53)c78)c2ccccc2c2ccccc2c2cccc3c5ccccc5n4c23)c1. The van der Waals surface area contributed by atoms with Gasteiger partial charge < -0.3 is 18.6 Å². The Morgan fingerprint density at radius 3 is 0.689 bits per heavy atom. The van der Waals surface area contributed by atoms with Crippen molar-refractivity contribution >= 4 is 177 Å². The summed E-state index contributed by atoms with van der Waals surface area (Å²) in [4.78, 5) is 5.73. The highest BCUT2D eigenvalue weighted by Gasteiger charge is 2.48. The molecule has 0 N–H and O–H groups in total. The summed E-state index contributed by atoms with van der Waals surface area (Å²) in [5.41, 5.74) is 33.7. The molecule has 0 spiro atoms. The van der Waals surface area contributed by atoms with Crippen molar-refractivity contribution in [1.29, 1.82) is 0 Å². The van der Waals surface area contributed by atoms with Crippen LogP contribution in [0, 0.1) is 0 Å². The van der Waals surface area contributed by atoms with Crippen LogP contribution in [0.2, 0.25) is 0 Å². The second-order valence-corrected chi connectivity index (χ2v) is 46.1. The molecule has 0 saturated carbocycles. The summed E-state index contributed by atoms with van der Waals surface area (Å²) in [5.74, 6) is 0. The van der Waals surface area contributed by atoms with E-state index in [1.807, 2.05) is 0 Å². The molecule has 21 aromatic rings. The molecule has 4 nitrogen and oxygen atoms in total. The topological polar surface area (TPSA) is 15.3 Å².